The van der Waals surface area contributed by atoms with Gasteiger partial charge in [-0.1, -0.05) is 25.1 Å². The van der Waals surface area contributed by atoms with Crippen molar-refractivity contribution in [3.63, 3.8) is 0 Å². The standard InChI is InChI=1S/C21H28N2O2/c1-2-19-8-5-10-22-11-9-20(18(19)22)16-6-3-4-7-17(16)23-14-25-13-15(12-19)21(20,23)24/h3-4,6-7,15,18,24H,2,5,8-14H2,1H3/t15?,18-,19-,20+,21-/m1/s1. The lowest BCUT2D eigenvalue weighted by Gasteiger charge is -2.65. The normalized spacial score (nSPS) is 47.4. The van der Waals surface area contributed by atoms with Gasteiger partial charge in [-0.05, 0) is 62.2 Å². The molecule has 1 aromatic carbocycles. The molecule has 4 heterocycles. The van der Waals surface area contributed by atoms with Gasteiger partial charge in [0, 0.05) is 17.6 Å². The number of ether oxygens (including phenoxy) is 1. The van der Waals surface area contributed by atoms with Crippen LogP contribution in [0.15, 0.2) is 24.3 Å². The summed E-state index contributed by atoms with van der Waals surface area (Å²) in [6, 6.07) is 9.25. The van der Waals surface area contributed by atoms with Gasteiger partial charge in [-0.3, -0.25) is 4.90 Å². The fourth-order valence-corrected chi connectivity index (χ4v) is 7.77. The van der Waals surface area contributed by atoms with E-state index in [4.69, 9.17) is 4.74 Å². The van der Waals surface area contributed by atoms with Crippen molar-refractivity contribution in [3.8, 4) is 0 Å². The van der Waals surface area contributed by atoms with Gasteiger partial charge < -0.3 is 14.7 Å². The van der Waals surface area contributed by atoms with Gasteiger partial charge in [-0.25, -0.2) is 0 Å². The van der Waals surface area contributed by atoms with Gasteiger partial charge in [-0.2, -0.15) is 0 Å². The van der Waals surface area contributed by atoms with Gasteiger partial charge in [0.05, 0.1) is 12.0 Å². The molecule has 1 N–H and O–H groups in total. The first-order valence-electron chi connectivity index (χ1n) is 10.1. The maximum Gasteiger partial charge on any atom is 0.156 e. The van der Waals surface area contributed by atoms with Crippen LogP contribution in [0.25, 0.3) is 0 Å². The third-order valence-electron chi connectivity index (χ3n) is 8.53. The minimum absolute atomic E-state index is 0.146. The minimum Gasteiger partial charge on any atom is -0.369 e. The molecule has 1 aromatic rings. The smallest absolute Gasteiger partial charge is 0.156 e. The second-order valence-corrected chi connectivity index (χ2v) is 9.05. The highest BCUT2D eigenvalue weighted by molar-refractivity contribution is 5.68. The number of fused-ring (bicyclic) bond motifs is 2. The van der Waals surface area contributed by atoms with Crippen molar-refractivity contribution in [3.05, 3.63) is 29.8 Å². The van der Waals surface area contributed by atoms with Gasteiger partial charge in [0.2, 0.25) is 0 Å². The van der Waals surface area contributed by atoms with Crippen LogP contribution in [-0.2, 0) is 10.2 Å². The summed E-state index contributed by atoms with van der Waals surface area (Å²) >= 11 is 0. The van der Waals surface area contributed by atoms with Crippen LogP contribution in [0.1, 0.15) is 44.6 Å². The van der Waals surface area contributed by atoms with Crippen LogP contribution >= 0.6 is 0 Å². The summed E-state index contributed by atoms with van der Waals surface area (Å²) in [7, 11) is 0. The molecule has 6 rings (SSSR count). The third kappa shape index (κ3) is 1.42. The van der Waals surface area contributed by atoms with Crippen LogP contribution in [0.3, 0.4) is 0 Å². The second-order valence-electron chi connectivity index (χ2n) is 9.05. The van der Waals surface area contributed by atoms with Crippen molar-refractivity contribution in [2.24, 2.45) is 11.3 Å². The number of benzene rings is 1. The summed E-state index contributed by atoms with van der Waals surface area (Å²) in [5.74, 6) is 0.211. The lowest BCUT2D eigenvalue weighted by Crippen LogP contribution is -2.76. The average molecular weight is 340 g/mol. The Bertz CT molecular complexity index is 738. The average Bonchev–Trinajstić information content (AvgIpc) is 3.15. The molecule has 1 saturated carbocycles. The molecule has 25 heavy (non-hydrogen) atoms. The van der Waals surface area contributed by atoms with E-state index in [9.17, 15) is 5.11 Å². The van der Waals surface area contributed by atoms with E-state index in [1.807, 2.05) is 0 Å². The van der Waals surface area contributed by atoms with E-state index in [0.717, 1.165) is 19.4 Å². The molecule has 3 saturated heterocycles. The summed E-state index contributed by atoms with van der Waals surface area (Å²) in [5, 5.41) is 12.4. The molecule has 5 aliphatic rings. The Kier molecular flexibility index (Phi) is 2.76. The topological polar surface area (TPSA) is 35.9 Å². The molecule has 1 spiro atoms. The van der Waals surface area contributed by atoms with Gasteiger partial charge in [0.1, 0.15) is 6.73 Å². The number of hydrogen-bond donors (Lipinski definition) is 1. The molecular weight excluding hydrogens is 312 g/mol. The molecule has 4 nitrogen and oxygen atoms in total. The number of nitrogens with zero attached hydrogens (tertiary/aromatic N) is 2. The van der Waals surface area contributed by atoms with E-state index < -0.39 is 5.72 Å². The van der Waals surface area contributed by atoms with Crippen LogP contribution in [0.5, 0.6) is 0 Å². The number of piperidine rings is 1. The largest absolute Gasteiger partial charge is 0.369 e. The molecule has 5 atom stereocenters. The fourth-order valence-electron chi connectivity index (χ4n) is 7.77. The summed E-state index contributed by atoms with van der Waals surface area (Å²) in [5.41, 5.74) is 2.01. The lowest BCUT2D eigenvalue weighted by atomic mass is 9.48. The Morgan fingerprint density at radius 2 is 2.12 bits per heavy atom. The van der Waals surface area contributed by atoms with E-state index in [2.05, 4.69) is 41.0 Å². The number of anilines is 1. The van der Waals surface area contributed by atoms with Crippen molar-refractivity contribution in [2.75, 3.05) is 31.3 Å². The Hall–Kier alpha value is -1.10. The molecule has 4 heteroatoms. The molecule has 0 aromatic heterocycles. The summed E-state index contributed by atoms with van der Waals surface area (Å²) in [4.78, 5) is 4.95. The van der Waals surface area contributed by atoms with Crippen molar-refractivity contribution >= 4 is 5.69 Å². The summed E-state index contributed by atoms with van der Waals surface area (Å²) in [6.07, 6.45) is 6.01. The Balaban J connectivity index is 1.67. The Morgan fingerprint density at radius 3 is 3.00 bits per heavy atom. The van der Waals surface area contributed by atoms with Gasteiger partial charge >= 0.3 is 0 Å². The Morgan fingerprint density at radius 1 is 1.24 bits per heavy atom. The molecule has 0 radical (unpaired) electrons. The van der Waals surface area contributed by atoms with Crippen LogP contribution in [0.2, 0.25) is 0 Å². The SMILES string of the molecule is CC[C@@]12CCCN3CC[C@]4(c5ccccc5N5COCC(C1)[C@]54O)[C@H]32. The number of hydrogen-bond acceptors (Lipinski definition) is 4. The first-order chi connectivity index (χ1) is 12.2. The summed E-state index contributed by atoms with van der Waals surface area (Å²) in [6.45, 7) is 5.94. The van der Waals surface area contributed by atoms with E-state index >= 15 is 0 Å². The zero-order valence-electron chi connectivity index (χ0n) is 15.1. The highest BCUT2D eigenvalue weighted by atomic mass is 16.5. The van der Waals surface area contributed by atoms with Crippen molar-refractivity contribution < 1.29 is 9.84 Å². The van der Waals surface area contributed by atoms with E-state index in [1.54, 1.807) is 0 Å². The Labute approximate surface area is 149 Å². The zero-order valence-corrected chi connectivity index (χ0v) is 15.1. The predicted molar refractivity (Wildman–Crippen MR) is 96.4 cm³/mol. The van der Waals surface area contributed by atoms with E-state index in [-0.39, 0.29) is 11.3 Å². The minimum atomic E-state index is -0.773. The first kappa shape index (κ1) is 15.0. The van der Waals surface area contributed by atoms with Gasteiger partial charge in [0.15, 0.2) is 5.72 Å². The molecule has 1 unspecified atom stereocenters. The lowest BCUT2D eigenvalue weighted by molar-refractivity contribution is -0.212. The van der Waals surface area contributed by atoms with Crippen LogP contribution in [0, 0.1) is 11.3 Å². The highest BCUT2D eigenvalue weighted by Gasteiger charge is 2.77. The summed E-state index contributed by atoms with van der Waals surface area (Å²) < 4.78 is 6.02. The monoisotopic (exact) mass is 340 g/mol. The first-order valence-corrected chi connectivity index (χ1v) is 10.1. The van der Waals surface area contributed by atoms with Crippen LogP contribution in [-0.4, -0.2) is 48.2 Å². The third-order valence-corrected chi connectivity index (χ3v) is 8.53. The van der Waals surface area contributed by atoms with Crippen LogP contribution < -0.4 is 4.90 Å². The number of rotatable bonds is 1. The van der Waals surface area contributed by atoms with Gasteiger partial charge in [-0.15, -0.1) is 0 Å². The quantitative estimate of drug-likeness (QED) is 0.853. The molecule has 134 valence electrons. The highest BCUT2D eigenvalue weighted by Crippen LogP contribution is 2.70. The predicted octanol–water partition coefficient (Wildman–Crippen LogP) is 2.71. The molecule has 4 fully saturated rings. The van der Waals surface area contributed by atoms with E-state index in [0.29, 0.717) is 24.8 Å². The maximum atomic E-state index is 12.4. The van der Waals surface area contributed by atoms with Crippen molar-refractivity contribution in [2.45, 2.75) is 56.2 Å². The molecule has 0 amide bonds. The van der Waals surface area contributed by atoms with Crippen LogP contribution in [0.4, 0.5) is 5.69 Å². The molecular formula is C21H28N2O2. The van der Waals surface area contributed by atoms with Crippen molar-refractivity contribution in [1.82, 2.24) is 4.90 Å². The maximum absolute atomic E-state index is 12.4. The zero-order chi connectivity index (χ0) is 16.9. The van der Waals surface area contributed by atoms with Crippen molar-refractivity contribution in [1.29, 1.82) is 0 Å². The molecule has 4 aliphatic heterocycles. The second kappa shape index (κ2) is 4.59. The number of para-hydroxylation sites is 1. The number of aliphatic hydroxyl groups is 1. The fraction of sp³-hybridized carbons (Fsp3) is 0.714. The van der Waals surface area contributed by atoms with Gasteiger partial charge in [0.25, 0.3) is 0 Å². The molecule has 1 aliphatic carbocycles. The molecule has 0 bridgehead atoms. The van der Waals surface area contributed by atoms with E-state index in [1.165, 1.54) is 37.1 Å².